The lowest BCUT2D eigenvalue weighted by Crippen LogP contribution is -2.48. The Bertz CT molecular complexity index is 314. The molecule has 0 rings (SSSR count). The summed E-state index contributed by atoms with van der Waals surface area (Å²) in [6, 6.07) is 0.881. The maximum absolute atomic E-state index is 6.62. The van der Waals surface area contributed by atoms with Gasteiger partial charge in [-0.2, -0.15) is 0 Å². The van der Waals surface area contributed by atoms with E-state index in [1.807, 2.05) is 0 Å². The molecule has 0 aliphatic rings. The lowest BCUT2D eigenvalue weighted by molar-refractivity contribution is 0.0254. The number of unbranched alkanes of at least 4 members (excludes halogenated alkanes) is 3. The average Bonchev–Trinajstić information content (AvgIpc) is 2.78. The van der Waals surface area contributed by atoms with E-state index in [4.69, 9.17) is 13.3 Å². The van der Waals surface area contributed by atoms with Crippen LogP contribution in [0.15, 0.2) is 0 Å². The summed E-state index contributed by atoms with van der Waals surface area (Å²) >= 11 is 0. The van der Waals surface area contributed by atoms with Crippen LogP contribution in [-0.4, -0.2) is 28.6 Å². The SMILES string of the molecule is CCCCC(CC)CO[Si](CC)(OCC(CC)CCCC)OCC(CC)CCCC. The molecule has 3 nitrogen and oxygen atoms in total. The first-order valence-corrected chi connectivity index (χ1v) is 15.4. The minimum Gasteiger partial charge on any atom is -0.373 e. The highest BCUT2D eigenvalue weighted by molar-refractivity contribution is 6.60. The first kappa shape index (κ1) is 30.1. The molecule has 0 aromatic rings. The zero-order valence-electron chi connectivity index (χ0n) is 21.8. The quantitative estimate of drug-likeness (QED) is 0.156. The second kappa shape index (κ2) is 19.8. The van der Waals surface area contributed by atoms with Crippen molar-refractivity contribution in [2.45, 2.75) is 132 Å². The molecule has 0 amide bonds. The Balaban J connectivity index is 5.10. The average molecular weight is 445 g/mol. The van der Waals surface area contributed by atoms with Crippen LogP contribution >= 0.6 is 0 Å². The van der Waals surface area contributed by atoms with Crippen LogP contribution in [0.5, 0.6) is 0 Å². The lowest BCUT2D eigenvalue weighted by atomic mass is 10.0. The van der Waals surface area contributed by atoms with Crippen molar-refractivity contribution in [2.75, 3.05) is 19.8 Å². The molecule has 3 atom stereocenters. The van der Waals surface area contributed by atoms with Gasteiger partial charge in [0.2, 0.25) is 0 Å². The van der Waals surface area contributed by atoms with Crippen molar-refractivity contribution in [3.05, 3.63) is 0 Å². The van der Waals surface area contributed by atoms with E-state index in [1.165, 1.54) is 77.0 Å². The molecule has 0 spiro atoms. The largest absolute Gasteiger partial charge is 0.500 e. The smallest absolute Gasteiger partial charge is 0.373 e. The third kappa shape index (κ3) is 13.5. The minimum atomic E-state index is -2.62. The highest BCUT2D eigenvalue weighted by atomic mass is 28.4. The molecule has 0 N–H and O–H groups in total. The van der Waals surface area contributed by atoms with Crippen molar-refractivity contribution in [1.82, 2.24) is 0 Å². The van der Waals surface area contributed by atoms with E-state index in [0.717, 1.165) is 25.9 Å². The summed E-state index contributed by atoms with van der Waals surface area (Å²) in [6.45, 7) is 18.3. The minimum absolute atomic E-state index is 0.625. The summed E-state index contributed by atoms with van der Waals surface area (Å²) in [5.74, 6) is 1.87. The van der Waals surface area contributed by atoms with Gasteiger partial charge >= 0.3 is 8.80 Å². The zero-order chi connectivity index (χ0) is 22.7. The van der Waals surface area contributed by atoms with E-state index in [-0.39, 0.29) is 0 Å². The monoisotopic (exact) mass is 444 g/mol. The summed E-state index contributed by atoms with van der Waals surface area (Å²) in [5, 5.41) is 0. The van der Waals surface area contributed by atoms with E-state index >= 15 is 0 Å². The van der Waals surface area contributed by atoms with Gasteiger partial charge in [-0.15, -0.1) is 0 Å². The summed E-state index contributed by atoms with van der Waals surface area (Å²) in [5.41, 5.74) is 0. The molecule has 4 heteroatoms. The molecule has 30 heavy (non-hydrogen) atoms. The van der Waals surface area contributed by atoms with Crippen molar-refractivity contribution in [3.8, 4) is 0 Å². The van der Waals surface area contributed by atoms with Gasteiger partial charge in [-0.3, -0.25) is 0 Å². The third-order valence-corrected chi connectivity index (χ3v) is 9.37. The number of hydrogen-bond acceptors (Lipinski definition) is 3. The first-order chi connectivity index (χ1) is 14.5. The van der Waals surface area contributed by atoms with Crippen LogP contribution in [-0.2, 0) is 13.3 Å². The van der Waals surface area contributed by atoms with Crippen molar-refractivity contribution >= 4 is 8.80 Å². The normalized spacial score (nSPS) is 16.9. The molecule has 0 heterocycles. The molecule has 3 unspecified atom stereocenters. The summed E-state index contributed by atoms with van der Waals surface area (Å²) in [6.07, 6.45) is 14.9. The molecule has 0 aliphatic carbocycles. The Labute approximate surface area is 191 Å². The van der Waals surface area contributed by atoms with Crippen LogP contribution in [0.3, 0.4) is 0 Å². The molecule has 0 saturated heterocycles. The fourth-order valence-corrected chi connectivity index (χ4v) is 6.19. The summed E-state index contributed by atoms with van der Waals surface area (Å²) in [4.78, 5) is 0. The Morgan fingerprint density at radius 1 is 0.500 bits per heavy atom. The van der Waals surface area contributed by atoms with E-state index in [0.29, 0.717) is 17.8 Å². The molecule has 0 fully saturated rings. The fourth-order valence-electron chi connectivity index (χ4n) is 3.86. The fraction of sp³-hybridized carbons (Fsp3) is 1.00. The van der Waals surface area contributed by atoms with Crippen LogP contribution in [0.1, 0.15) is 126 Å². The Morgan fingerprint density at radius 3 is 1.00 bits per heavy atom. The van der Waals surface area contributed by atoms with Crippen LogP contribution in [0.25, 0.3) is 0 Å². The molecular weight excluding hydrogens is 388 g/mol. The van der Waals surface area contributed by atoms with Gasteiger partial charge < -0.3 is 13.3 Å². The van der Waals surface area contributed by atoms with E-state index in [9.17, 15) is 0 Å². The Morgan fingerprint density at radius 2 is 0.800 bits per heavy atom. The Hall–Kier alpha value is 0.0969. The van der Waals surface area contributed by atoms with Crippen molar-refractivity contribution in [1.29, 1.82) is 0 Å². The maximum atomic E-state index is 6.62. The van der Waals surface area contributed by atoms with Gasteiger partial charge in [-0.1, -0.05) is 106 Å². The zero-order valence-corrected chi connectivity index (χ0v) is 22.8. The Kier molecular flexibility index (Phi) is 19.8. The molecule has 0 bridgehead atoms. The predicted octanol–water partition coefficient (Wildman–Crippen LogP) is 8.64. The van der Waals surface area contributed by atoms with Gasteiger partial charge in [0.25, 0.3) is 0 Å². The summed E-state index contributed by atoms with van der Waals surface area (Å²) in [7, 11) is -2.62. The van der Waals surface area contributed by atoms with E-state index in [2.05, 4.69) is 48.5 Å². The van der Waals surface area contributed by atoms with Crippen molar-refractivity contribution in [2.24, 2.45) is 17.8 Å². The highest BCUT2D eigenvalue weighted by Gasteiger charge is 2.41. The van der Waals surface area contributed by atoms with Crippen LogP contribution in [0.4, 0.5) is 0 Å². The lowest BCUT2D eigenvalue weighted by Gasteiger charge is -2.33. The predicted molar refractivity (Wildman–Crippen MR) is 134 cm³/mol. The van der Waals surface area contributed by atoms with Gasteiger partial charge in [0.05, 0.1) is 0 Å². The standard InChI is InChI=1S/C26H56O3Si/c1-8-15-18-24(11-4)21-27-30(14-7,28-22-25(12-5)19-16-9-2)29-23-26(13-6)20-17-10-3/h24-26H,8-23H2,1-7H3. The van der Waals surface area contributed by atoms with Gasteiger partial charge in [-0.25, -0.2) is 0 Å². The molecule has 0 radical (unpaired) electrons. The molecule has 0 aromatic heterocycles. The first-order valence-electron chi connectivity index (χ1n) is 13.5. The molecule has 0 aliphatic heterocycles. The number of hydrogen-bond donors (Lipinski definition) is 0. The van der Waals surface area contributed by atoms with E-state index in [1.54, 1.807) is 0 Å². The van der Waals surface area contributed by atoms with Gasteiger partial charge in [0.1, 0.15) is 0 Å². The molecular formula is C26H56O3Si. The molecule has 0 aromatic carbocycles. The highest BCUT2D eigenvalue weighted by Crippen LogP contribution is 2.25. The summed E-state index contributed by atoms with van der Waals surface area (Å²) < 4.78 is 19.9. The van der Waals surface area contributed by atoms with Crippen LogP contribution in [0, 0.1) is 17.8 Å². The van der Waals surface area contributed by atoms with E-state index < -0.39 is 8.80 Å². The number of rotatable bonds is 22. The topological polar surface area (TPSA) is 27.7 Å². The third-order valence-electron chi connectivity index (χ3n) is 6.68. The van der Waals surface area contributed by atoms with Crippen LogP contribution in [0.2, 0.25) is 6.04 Å². The second-order valence-electron chi connectivity index (χ2n) is 9.22. The molecule has 182 valence electrons. The van der Waals surface area contributed by atoms with Gasteiger partial charge in [-0.05, 0) is 37.0 Å². The van der Waals surface area contributed by atoms with Gasteiger partial charge in [0, 0.05) is 25.9 Å². The van der Waals surface area contributed by atoms with Crippen molar-refractivity contribution in [3.63, 3.8) is 0 Å². The maximum Gasteiger partial charge on any atom is 0.500 e. The van der Waals surface area contributed by atoms with Crippen LogP contribution < -0.4 is 0 Å². The molecule has 0 saturated carbocycles. The van der Waals surface area contributed by atoms with Crippen molar-refractivity contribution < 1.29 is 13.3 Å². The van der Waals surface area contributed by atoms with Gasteiger partial charge in [0.15, 0.2) is 0 Å². The second-order valence-corrected chi connectivity index (χ2v) is 12.2.